The fourth-order valence-corrected chi connectivity index (χ4v) is 3.59. The summed E-state index contributed by atoms with van der Waals surface area (Å²) in [4.78, 5) is 12.9. The second kappa shape index (κ2) is 10.4. The number of nitrogens with one attached hydrogen (secondary N) is 1. The molecule has 0 heterocycles. The van der Waals surface area contributed by atoms with Gasteiger partial charge in [-0.05, 0) is 49.6 Å². The van der Waals surface area contributed by atoms with E-state index in [1.807, 2.05) is 13.8 Å². The number of hydrogen-bond donors (Lipinski definition) is 1. The normalized spacial score (nSPS) is 11.4. The van der Waals surface area contributed by atoms with E-state index in [-0.39, 0.29) is 4.90 Å². The number of nitrogens with zero attached hydrogens (tertiary/aromatic N) is 1. The summed E-state index contributed by atoms with van der Waals surface area (Å²) in [7, 11) is -0.731. The zero-order valence-corrected chi connectivity index (χ0v) is 19.0. The minimum absolute atomic E-state index is 0.0681. The number of benzene rings is 2. The van der Waals surface area contributed by atoms with Crippen LogP contribution in [0.3, 0.4) is 0 Å². The molecule has 164 valence electrons. The summed E-state index contributed by atoms with van der Waals surface area (Å²) in [5, 5.41) is 2.82. The lowest BCUT2D eigenvalue weighted by atomic mass is 10.1. The Morgan fingerprint density at radius 3 is 2.20 bits per heavy atom. The van der Waals surface area contributed by atoms with Gasteiger partial charge in [0.25, 0.3) is 5.91 Å². The van der Waals surface area contributed by atoms with Gasteiger partial charge in [0.1, 0.15) is 0 Å². The van der Waals surface area contributed by atoms with E-state index < -0.39 is 15.9 Å². The van der Waals surface area contributed by atoms with Crippen molar-refractivity contribution < 1.29 is 22.7 Å². The van der Waals surface area contributed by atoms with Crippen molar-refractivity contribution in [2.75, 3.05) is 32.6 Å². The van der Waals surface area contributed by atoms with E-state index in [4.69, 9.17) is 9.47 Å². The van der Waals surface area contributed by atoms with E-state index in [1.54, 1.807) is 31.2 Å². The van der Waals surface area contributed by atoms with Crippen LogP contribution in [0.5, 0.6) is 11.5 Å². The van der Waals surface area contributed by atoms with Gasteiger partial charge in [-0.1, -0.05) is 19.9 Å². The predicted molar refractivity (Wildman–Crippen MR) is 118 cm³/mol. The van der Waals surface area contributed by atoms with E-state index >= 15 is 0 Å². The van der Waals surface area contributed by atoms with Gasteiger partial charge in [0.2, 0.25) is 10.0 Å². The third-order valence-electron chi connectivity index (χ3n) is 4.36. The van der Waals surface area contributed by atoms with Gasteiger partial charge in [-0.15, -0.1) is 0 Å². The van der Waals surface area contributed by atoms with Crippen molar-refractivity contribution in [3.8, 4) is 11.5 Å². The van der Waals surface area contributed by atoms with Crippen molar-refractivity contribution in [2.24, 2.45) is 0 Å². The van der Waals surface area contributed by atoms with Crippen LogP contribution in [-0.2, 0) is 10.0 Å². The Kier molecular flexibility index (Phi) is 8.25. The van der Waals surface area contributed by atoms with Crippen molar-refractivity contribution >= 4 is 21.6 Å². The number of carbonyl (C=O) groups is 1. The fraction of sp³-hybridized carbons (Fsp3) is 0.409. The molecule has 1 N–H and O–H groups in total. The minimum Gasteiger partial charge on any atom is -0.490 e. The molecule has 7 nitrogen and oxygen atoms in total. The third-order valence-corrected chi connectivity index (χ3v) is 6.17. The highest BCUT2D eigenvalue weighted by Gasteiger charge is 2.20. The molecule has 2 rings (SSSR count). The van der Waals surface area contributed by atoms with Crippen LogP contribution >= 0.6 is 0 Å². The zero-order valence-electron chi connectivity index (χ0n) is 18.2. The third kappa shape index (κ3) is 5.73. The van der Waals surface area contributed by atoms with Crippen LogP contribution in [0, 0.1) is 6.92 Å². The molecular weight excluding hydrogens is 404 g/mol. The van der Waals surface area contributed by atoms with Gasteiger partial charge in [-0.25, -0.2) is 12.7 Å². The Balaban J connectivity index is 2.31. The number of hydrogen-bond acceptors (Lipinski definition) is 5. The van der Waals surface area contributed by atoms with Gasteiger partial charge < -0.3 is 14.8 Å². The molecule has 0 aliphatic rings. The molecule has 0 bridgehead atoms. The topological polar surface area (TPSA) is 84.9 Å². The molecule has 0 saturated heterocycles. The molecule has 0 atom stereocenters. The number of carbonyl (C=O) groups excluding carboxylic acids is 1. The maximum atomic E-state index is 12.9. The van der Waals surface area contributed by atoms with Crippen molar-refractivity contribution in [3.63, 3.8) is 0 Å². The van der Waals surface area contributed by atoms with Crippen LogP contribution in [-0.4, -0.2) is 45.9 Å². The van der Waals surface area contributed by atoms with E-state index in [9.17, 15) is 13.2 Å². The Morgan fingerprint density at radius 1 is 0.967 bits per heavy atom. The van der Waals surface area contributed by atoms with Crippen LogP contribution in [0.15, 0.2) is 41.3 Å². The first kappa shape index (κ1) is 23.7. The van der Waals surface area contributed by atoms with Gasteiger partial charge >= 0.3 is 0 Å². The van der Waals surface area contributed by atoms with Gasteiger partial charge in [0.05, 0.1) is 18.1 Å². The molecule has 8 heteroatoms. The number of sulfonamides is 1. The molecule has 0 aliphatic carbocycles. The fourth-order valence-electron chi connectivity index (χ4n) is 2.66. The Labute approximate surface area is 179 Å². The molecule has 2 aromatic carbocycles. The van der Waals surface area contributed by atoms with Crippen LogP contribution in [0.4, 0.5) is 5.69 Å². The van der Waals surface area contributed by atoms with Crippen molar-refractivity contribution in [2.45, 2.75) is 38.5 Å². The van der Waals surface area contributed by atoms with Gasteiger partial charge in [-0.3, -0.25) is 4.79 Å². The number of rotatable bonds is 10. The first-order valence-corrected chi connectivity index (χ1v) is 11.4. The first-order valence-electron chi connectivity index (χ1n) is 9.94. The van der Waals surface area contributed by atoms with Gasteiger partial charge in [-0.2, -0.15) is 0 Å². The smallest absolute Gasteiger partial charge is 0.255 e. The summed E-state index contributed by atoms with van der Waals surface area (Å²) in [6, 6.07) is 9.73. The summed E-state index contributed by atoms with van der Waals surface area (Å²) in [5.41, 5.74) is 1.51. The van der Waals surface area contributed by atoms with Crippen LogP contribution in [0.2, 0.25) is 0 Å². The average molecular weight is 435 g/mol. The highest BCUT2D eigenvalue weighted by atomic mass is 32.2. The highest BCUT2D eigenvalue weighted by molar-refractivity contribution is 7.89. The van der Waals surface area contributed by atoms with Crippen LogP contribution in [0.25, 0.3) is 0 Å². The van der Waals surface area contributed by atoms with E-state index in [0.29, 0.717) is 41.5 Å². The lowest BCUT2D eigenvalue weighted by Gasteiger charge is -2.15. The highest BCUT2D eigenvalue weighted by Crippen LogP contribution is 2.31. The molecule has 1 amide bonds. The maximum Gasteiger partial charge on any atom is 0.255 e. The molecular formula is C22H30N2O5S. The van der Waals surface area contributed by atoms with Crippen molar-refractivity contribution in [3.05, 3.63) is 47.5 Å². The molecule has 0 radical (unpaired) electrons. The van der Waals surface area contributed by atoms with Gasteiger partial charge in [0, 0.05) is 31.4 Å². The zero-order chi connectivity index (χ0) is 22.3. The van der Waals surface area contributed by atoms with E-state index in [0.717, 1.165) is 17.1 Å². The average Bonchev–Trinajstić information content (AvgIpc) is 2.71. The Hall–Kier alpha value is -2.58. The molecule has 2 aromatic rings. The molecule has 0 unspecified atom stereocenters. The summed E-state index contributed by atoms with van der Waals surface area (Å²) in [6.07, 6.45) is 1.72. The monoisotopic (exact) mass is 434 g/mol. The summed E-state index contributed by atoms with van der Waals surface area (Å²) in [5.74, 6) is 0.786. The number of anilines is 1. The minimum atomic E-state index is -3.64. The number of amides is 1. The maximum absolute atomic E-state index is 12.9. The SMILES string of the molecule is CCCOc1ccc(NC(=O)c2cc(S(=O)(=O)N(C)C)ccc2C)cc1OCCC. The second-order valence-corrected chi connectivity index (χ2v) is 9.23. The first-order chi connectivity index (χ1) is 14.2. The quantitative estimate of drug-likeness (QED) is 0.609. The second-order valence-electron chi connectivity index (χ2n) is 7.08. The van der Waals surface area contributed by atoms with Crippen molar-refractivity contribution in [1.82, 2.24) is 4.31 Å². The largest absolute Gasteiger partial charge is 0.490 e. The molecule has 0 spiro atoms. The van der Waals surface area contributed by atoms with E-state index in [1.165, 1.54) is 26.2 Å². The summed E-state index contributed by atoms with van der Waals surface area (Å²) in [6.45, 7) is 6.90. The lowest BCUT2D eigenvalue weighted by molar-refractivity contribution is 0.102. The molecule has 0 aliphatic heterocycles. The molecule has 30 heavy (non-hydrogen) atoms. The standard InChI is InChI=1S/C22H30N2O5S/c1-6-12-28-20-11-9-17(14-21(20)29-13-7-2)23-22(25)19-15-18(10-8-16(19)3)30(26,27)24(4)5/h8-11,14-15H,6-7,12-13H2,1-5H3,(H,23,25). The Morgan fingerprint density at radius 2 is 1.60 bits per heavy atom. The molecule has 0 saturated carbocycles. The van der Waals surface area contributed by atoms with Crippen molar-refractivity contribution in [1.29, 1.82) is 0 Å². The number of aryl methyl sites for hydroxylation is 1. The predicted octanol–water partition coefficient (Wildman–Crippen LogP) is 4.08. The molecule has 0 aromatic heterocycles. The van der Waals surface area contributed by atoms with Gasteiger partial charge in [0.15, 0.2) is 11.5 Å². The van der Waals surface area contributed by atoms with E-state index in [2.05, 4.69) is 5.32 Å². The molecule has 0 fully saturated rings. The summed E-state index contributed by atoms with van der Waals surface area (Å²) < 4.78 is 37.4. The Bertz CT molecular complexity index is 987. The number of ether oxygens (including phenoxy) is 2. The lowest BCUT2D eigenvalue weighted by Crippen LogP contribution is -2.23. The van der Waals surface area contributed by atoms with Crippen LogP contribution in [0.1, 0.15) is 42.6 Å². The summed E-state index contributed by atoms with van der Waals surface area (Å²) >= 11 is 0. The van der Waals surface area contributed by atoms with Crippen LogP contribution < -0.4 is 14.8 Å².